The fraction of sp³-hybridized carbons (Fsp3) is 0.600. The van der Waals surface area contributed by atoms with E-state index < -0.39 is 12.0 Å². The van der Waals surface area contributed by atoms with Crippen LogP contribution in [0.4, 0.5) is 13.2 Å². The van der Waals surface area contributed by atoms with Crippen LogP contribution in [-0.4, -0.2) is 38.1 Å². The Kier molecular flexibility index (Phi) is 7.34. The lowest BCUT2D eigenvalue weighted by molar-refractivity contribution is -0.144. The lowest BCUT2D eigenvalue weighted by atomic mass is 10.1. The first-order chi connectivity index (χ1) is 11.6. The van der Waals surface area contributed by atoms with E-state index in [0.717, 1.165) is 4.52 Å². The molecule has 146 valence electrons. The maximum atomic E-state index is 12.8. The minimum Gasteiger partial charge on any atom is -0.356 e. The molecule has 7 nitrogen and oxygen atoms in total. The quantitative estimate of drug-likeness (QED) is 0.780. The van der Waals surface area contributed by atoms with Crippen molar-refractivity contribution < 1.29 is 18.0 Å². The minimum atomic E-state index is -4.63. The Morgan fingerprint density at radius 1 is 1.31 bits per heavy atom. The number of carbonyl (C=O) groups is 1. The zero-order valence-corrected chi connectivity index (χ0v) is 15.5. The average Bonchev–Trinajstić information content (AvgIpc) is 2.90. The van der Waals surface area contributed by atoms with Crippen LogP contribution in [0.15, 0.2) is 0 Å². The maximum absolute atomic E-state index is 12.8. The van der Waals surface area contributed by atoms with Crippen molar-refractivity contribution in [3.63, 3.8) is 0 Å². The number of amides is 1. The molecule has 0 aromatic carbocycles. The van der Waals surface area contributed by atoms with Crippen LogP contribution in [0, 0.1) is 13.8 Å². The first-order valence-electron chi connectivity index (χ1n) is 7.92. The van der Waals surface area contributed by atoms with Crippen molar-refractivity contribution in [2.75, 3.05) is 6.54 Å². The highest BCUT2D eigenvalue weighted by Crippen LogP contribution is 2.27. The van der Waals surface area contributed by atoms with Gasteiger partial charge in [0.25, 0.3) is 11.6 Å². The SMILES string of the molecule is Cc1nc2nc(C(F)(F)F)nn2c(C)c1CCC(=O)NCCC(C)N.Cl. The third-order valence-corrected chi connectivity index (χ3v) is 3.83. The van der Waals surface area contributed by atoms with Crippen molar-refractivity contribution in [2.45, 2.75) is 52.3 Å². The monoisotopic (exact) mass is 394 g/mol. The summed E-state index contributed by atoms with van der Waals surface area (Å²) in [5.41, 5.74) is 7.33. The van der Waals surface area contributed by atoms with Crippen molar-refractivity contribution in [2.24, 2.45) is 5.73 Å². The molecule has 0 aliphatic rings. The molecule has 0 saturated carbocycles. The van der Waals surface area contributed by atoms with Crippen molar-refractivity contribution in [3.8, 4) is 0 Å². The van der Waals surface area contributed by atoms with Crippen LogP contribution in [0.1, 0.15) is 42.5 Å². The summed E-state index contributed by atoms with van der Waals surface area (Å²) in [6, 6.07) is 0.00606. The van der Waals surface area contributed by atoms with E-state index in [2.05, 4.69) is 20.4 Å². The fourth-order valence-corrected chi connectivity index (χ4v) is 2.46. The van der Waals surface area contributed by atoms with Crippen LogP contribution in [0.5, 0.6) is 0 Å². The van der Waals surface area contributed by atoms with E-state index in [-0.39, 0.29) is 36.6 Å². The predicted molar refractivity (Wildman–Crippen MR) is 92.1 cm³/mol. The van der Waals surface area contributed by atoms with Gasteiger partial charge in [-0.2, -0.15) is 18.2 Å². The number of rotatable bonds is 6. The summed E-state index contributed by atoms with van der Waals surface area (Å²) in [7, 11) is 0. The van der Waals surface area contributed by atoms with Crippen molar-refractivity contribution in [1.82, 2.24) is 24.9 Å². The molecule has 11 heteroatoms. The molecule has 1 amide bonds. The standard InChI is InChI=1S/C15H21F3N6O.ClH/c1-8(19)6-7-20-12(25)5-4-11-9(2)21-14-22-13(15(16,17)18)23-24(14)10(11)3;/h8H,4-7,19H2,1-3H3,(H,20,25);1H. The van der Waals surface area contributed by atoms with Gasteiger partial charge in [-0.3, -0.25) is 4.79 Å². The number of hydrogen-bond acceptors (Lipinski definition) is 5. The second-order valence-corrected chi connectivity index (χ2v) is 6.02. The Bertz CT molecular complexity index is 775. The summed E-state index contributed by atoms with van der Waals surface area (Å²) in [5, 5.41) is 6.25. The molecule has 0 radical (unpaired) electrons. The van der Waals surface area contributed by atoms with Crippen molar-refractivity contribution in [3.05, 3.63) is 22.8 Å². The van der Waals surface area contributed by atoms with Crippen LogP contribution in [-0.2, 0) is 17.4 Å². The van der Waals surface area contributed by atoms with Gasteiger partial charge < -0.3 is 11.1 Å². The molecule has 2 aromatic rings. The second kappa shape index (κ2) is 8.63. The first kappa shape index (κ1) is 22.1. The third kappa shape index (κ3) is 5.28. The lowest BCUT2D eigenvalue weighted by Crippen LogP contribution is -2.29. The molecular weight excluding hydrogens is 373 g/mol. The summed E-state index contributed by atoms with van der Waals surface area (Å²) >= 11 is 0. The van der Waals surface area contributed by atoms with Gasteiger partial charge in [-0.25, -0.2) is 9.50 Å². The summed E-state index contributed by atoms with van der Waals surface area (Å²) in [4.78, 5) is 19.4. The maximum Gasteiger partial charge on any atom is 0.453 e. The highest BCUT2D eigenvalue weighted by atomic mass is 35.5. The van der Waals surface area contributed by atoms with Gasteiger partial charge in [-0.05, 0) is 39.2 Å². The molecular formula is C15H22ClF3N6O. The van der Waals surface area contributed by atoms with E-state index in [1.54, 1.807) is 13.8 Å². The minimum absolute atomic E-state index is 0. The Morgan fingerprint density at radius 3 is 2.54 bits per heavy atom. The Morgan fingerprint density at radius 2 is 1.96 bits per heavy atom. The fourth-order valence-electron chi connectivity index (χ4n) is 2.46. The van der Waals surface area contributed by atoms with Gasteiger partial charge in [-0.15, -0.1) is 17.5 Å². The summed E-state index contributed by atoms with van der Waals surface area (Å²) in [5.74, 6) is -1.48. The predicted octanol–water partition coefficient (Wildman–Crippen LogP) is 1.97. The van der Waals surface area contributed by atoms with E-state index in [0.29, 0.717) is 36.3 Å². The Labute approximate surface area is 155 Å². The highest BCUT2D eigenvalue weighted by molar-refractivity contribution is 5.85. The number of carbonyl (C=O) groups excluding carboxylic acids is 1. The van der Waals surface area contributed by atoms with E-state index in [4.69, 9.17) is 5.73 Å². The first-order valence-corrected chi connectivity index (χ1v) is 7.92. The van der Waals surface area contributed by atoms with Gasteiger partial charge in [0.2, 0.25) is 5.91 Å². The molecule has 2 aromatic heterocycles. The van der Waals surface area contributed by atoms with Crippen LogP contribution in [0.3, 0.4) is 0 Å². The average molecular weight is 395 g/mol. The summed E-state index contributed by atoms with van der Waals surface area (Å²) in [6.07, 6.45) is -3.40. The van der Waals surface area contributed by atoms with Gasteiger partial charge in [0.05, 0.1) is 0 Å². The number of aryl methyl sites for hydroxylation is 2. The Hall–Kier alpha value is -1.94. The topological polar surface area (TPSA) is 98.2 Å². The van der Waals surface area contributed by atoms with Crippen molar-refractivity contribution in [1.29, 1.82) is 0 Å². The van der Waals surface area contributed by atoms with E-state index in [9.17, 15) is 18.0 Å². The van der Waals surface area contributed by atoms with E-state index in [1.807, 2.05) is 6.92 Å². The Balaban J connectivity index is 0.00000338. The molecule has 3 N–H and O–H groups in total. The van der Waals surface area contributed by atoms with E-state index >= 15 is 0 Å². The number of alkyl halides is 3. The van der Waals surface area contributed by atoms with Crippen LogP contribution in [0.25, 0.3) is 5.78 Å². The molecule has 1 atom stereocenters. The number of aromatic nitrogens is 4. The smallest absolute Gasteiger partial charge is 0.356 e. The molecule has 1 unspecified atom stereocenters. The van der Waals surface area contributed by atoms with Crippen molar-refractivity contribution >= 4 is 24.1 Å². The largest absolute Gasteiger partial charge is 0.453 e. The van der Waals surface area contributed by atoms with Crippen LogP contribution in [0.2, 0.25) is 0 Å². The lowest BCUT2D eigenvalue weighted by Gasteiger charge is -2.11. The molecule has 2 heterocycles. The number of nitrogens with two attached hydrogens (primary N) is 1. The van der Waals surface area contributed by atoms with E-state index in [1.165, 1.54) is 0 Å². The van der Waals surface area contributed by atoms with Crippen LogP contribution >= 0.6 is 12.4 Å². The van der Waals surface area contributed by atoms with Gasteiger partial charge in [0.15, 0.2) is 0 Å². The van der Waals surface area contributed by atoms with Gasteiger partial charge in [0.1, 0.15) is 0 Å². The van der Waals surface area contributed by atoms with Crippen LogP contribution < -0.4 is 11.1 Å². The highest BCUT2D eigenvalue weighted by Gasteiger charge is 2.36. The normalized spacial score (nSPS) is 12.7. The zero-order valence-electron chi connectivity index (χ0n) is 14.7. The van der Waals surface area contributed by atoms with Gasteiger partial charge in [0, 0.05) is 30.4 Å². The summed E-state index contributed by atoms with van der Waals surface area (Å²) < 4.78 is 39.3. The number of halogens is 4. The molecule has 2 rings (SSSR count). The third-order valence-electron chi connectivity index (χ3n) is 3.83. The second-order valence-electron chi connectivity index (χ2n) is 6.02. The molecule has 0 fully saturated rings. The molecule has 0 saturated heterocycles. The molecule has 0 aliphatic heterocycles. The summed E-state index contributed by atoms with van der Waals surface area (Å²) in [6.45, 7) is 5.66. The number of nitrogens with zero attached hydrogens (tertiary/aromatic N) is 4. The molecule has 26 heavy (non-hydrogen) atoms. The number of hydrogen-bond donors (Lipinski definition) is 2. The number of nitrogens with one attached hydrogen (secondary N) is 1. The molecule has 0 aliphatic carbocycles. The molecule has 0 spiro atoms. The van der Waals surface area contributed by atoms with Gasteiger partial charge in [-0.1, -0.05) is 0 Å². The van der Waals surface area contributed by atoms with Gasteiger partial charge >= 0.3 is 6.18 Å². The molecule has 0 bridgehead atoms. The zero-order chi connectivity index (χ0) is 18.8. The number of fused-ring (bicyclic) bond motifs is 1.